The molecule has 0 aliphatic rings. The fourth-order valence-electron chi connectivity index (χ4n) is 1.13. The summed E-state index contributed by atoms with van der Waals surface area (Å²) in [5.74, 6) is -0.630. The molecule has 1 heterocycles. The van der Waals surface area contributed by atoms with Crippen molar-refractivity contribution in [3.05, 3.63) is 33.9 Å². The molecule has 1 aromatic heterocycles. The van der Waals surface area contributed by atoms with Gasteiger partial charge in [-0.05, 0) is 17.5 Å². The Morgan fingerprint density at radius 3 is 3.00 bits per heavy atom. The monoisotopic (exact) mass is 211 g/mol. The number of nitriles is 1. The van der Waals surface area contributed by atoms with Gasteiger partial charge in [0.1, 0.15) is 6.07 Å². The highest BCUT2D eigenvalue weighted by atomic mass is 35.5. The molecule has 0 bridgehead atoms. The van der Waals surface area contributed by atoms with E-state index >= 15 is 0 Å². The van der Waals surface area contributed by atoms with Crippen LogP contribution in [0.2, 0.25) is 5.02 Å². The molecule has 4 heteroatoms. The lowest BCUT2D eigenvalue weighted by molar-refractivity contribution is 0.626. The number of halogens is 2. The van der Waals surface area contributed by atoms with Gasteiger partial charge in [-0.15, -0.1) is 11.3 Å². The Balaban J connectivity index is 2.94. The zero-order chi connectivity index (χ0) is 9.42. The minimum Gasteiger partial charge on any atom is -0.204 e. The molecule has 0 saturated carbocycles. The van der Waals surface area contributed by atoms with Crippen molar-refractivity contribution in [2.75, 3.05) is 0 Å². The molecule has 0 radical (unpaired) electrons. The maximum Gasteiger partial charge on any atom is 0.160 e. The van der Waals surface area contributed by atoms with E-state index in [0.29, 0.717) is 5.39 Å². The molecule has 0 unspecified atom stereocenters. The molecular formula is C9H3ClFNS. The van der Waals surface area contributed by atoms with Crippen molar-refractivity contribution in [3.63, 3.8) is 0 Å². The molecule has 2 rings (SSSR count). The highest BCUT2D eigenvalue weighted by molar-refractivity contribution is 7.17. The van der Waals surface area contributed by atoms with Crippen molar-refractivity contribution in [3.8, 4) is 6.07 Å². The normalized spacial score (nSPS) is 10.2. The summed E-state index contributed by atoms with van der Waals surface area (Å²) in [7, 11) is 0. The van der Waals surface area contributed by atoms with E-state index < -0.39 is 5.82 Å². The zero-order valence-electron chi connectivity index (χ0n) is 6.34. The van der Waals surface area contributed by atoms with E-state index in [2.05, 4.69) is 0 Å². The van der Waals surface area contributed by atoms with Crippen LogP contribution in [0, 0.1) is 17.1 Å². The predicted molar refractivity (Wildman–Crippen MR) is 51.5 cm³/mol. The third kappa shape index (κ3) is 1.19. The summed E-state index contributed by atoms with van der Waals surface area (Å²) in [6.07, 6.45) is 0. The van der Waals surface area contributed by atoms with E-state index in [0.717, 1.165) is 4.70 Å². The first-order valence-corrected chi connectivity index (χ1v) is 4.75. The number of benzene rings is 1. The van der Waals surface area contributed by atoms with E-state index in [1.807, 2.05) is 5.38 Å². The molecule has 0 atom stereocenters. The van der Waals surface area contributed by atoms with Crippen LogP contribution in [-0.2, 0) is 0 Å². The average molecular weight is 212 g/mol. The van der Waals surface area contributed by atoms with Crippen LogP contribution in [-0.4, -0.2) is 0 Å². The molecule has 64 valence electrons. The van der Waals surface area contributed by atoms with Crippen LogP contribution < -0.4 is 0 Å². The highest BCUT2D eigenvalue weighted by Gasteiger charge is 2.11. The van der Waals surface area contributed by atoms with Crippen LogP contribution in [0.3, 0.4) is 0 Å². The molecule has 1 nitrogen and oxygen atoms in total. The van der Waals surface area contributed by atoms with E-state index in [1.54, 1.807) is 12.1 Å². The highest BCUT2D eigenvalue weighted by Crippen LogP contribution is 2.32. The average Bonchev–Trinajstić information content (AvgIpc) is 2.59. The number of nitrogens with zero attached hydrogens (tertiary/aromatic N) is 1. The summed E-state index contributed by atoms with van der Waals surface area (Å²) in [6.45, 7) is 0. The number of fused-ring (bicyclic) bond motifs is 1. The van der Waals surface area contributed by atoms with Crippen molar-refractivity contribution in [1.29, 1.82) is 5.26 Å². The molecule has 0 saturated heterocycles. The lowest BCUT2D eigenvalue weighted by Gasteiger charge is -1.97. The second-order valence-electron chi connectivity index (χ2n) is 2.50. The standard InChI is InChI=1S/C9H3ClFNS/c10-8-6-1-2-13-7(6)3-5(4-12)9(8)11/h1-3H. The molecular weight excluding hydrogens is 209 g/mol. The van der Waals surface area contributed by atoms with Gasteiger partial charge >= 0.3 is 0 Å². The molecule has 1 aromatic carbocycles. The molecule has 0 aliphatic heterocycles. The predicted octanol–water partition coefficient (Wildman–Crippen LogP) is 3.57. The van der Waals surface area contributed by atoms with E-state index in [9.17, 15) is 4.39 Å². The summed E-state index contributed by atoms with van der Waals surface area (Å²) in [4.78, 5) is 0. The first kappa shape index (κ1) is 8.49. The number of hydrogen-bond acceptors (Lipinski definition) is 2. The van der Waals surface area contributed by atoms with Crippen molar-refractivity contribution in [2.24, 2.45) is 0 Å². The Bertz CT molecular complexity index is 512. The summed E-state index contributed by atoms with van der Waals surface area (Å²) < 4.78 is 14.1. The van der Waals surface area contributed by atoms with Gasteiger partial charge in [0.25, 0.3) is 0 Å². The van der Waals surface area contributed by atoms with Crippen LogP contribution in [0.15, 0.2) is 17.5 Å². The maximum atomic E-state index is 13.3. The summed E-state index contributed by atoms with van der Waals surface area (Å²) in [5, 5.41) is 11.1. The second kappa shape index (κ2) is 2.99. The Labute approximate surface area is 83.0 Å². The molecule has 0 fully saturated rings. The Morgan fingerprint density at radius 2 is 2.31 bits per heavy atom. The van der Waals surface area contributed by atoms with Gasteiger partial charge in [-0.25, -0.2) is 4.39 Å². The number of rotatable bonds is 0. The Kier molecular flexibility index (Phi) is 1.95. The molecule has 13 heavy (non-hydrogen) atoms. The van der Waals surface area contributed by atoms with Crippen molar-refractivity contribution >= 4 is 33.0 Å². The molecule has 0 amide bonds. The van der Waals surface area contributed by atoms with Crippen LogP contribution >= 0.6 is 22.9 Å². The van der Waals surface area contributed by atoms with Gasteiger partial charge in [-0.1, -0.05) is 11.6 Å². The first-order valence-electron chi connectivity index (χ1n) is 3.49. The fourth-order valence-corrected chi connectivity index (χ4v) is 2.28. The second-order valence-corrected chi connectivity index (χ2v) is 3.82. The van der Waals surface area contributed by atoms with Crippen molar-refractivity contribution in [1.82, 2.24) is 0 Å². The lowest BCUT2D eigenvalue weighted by atomic mass is 10.2. The molecule has 0 N–H and O–H groups in total. The number of thiophene rings is 1. The zero-order valence-corrected chi connectivity index (χ0v) is 7.92. The van der Waals surface area contributed by atoms with Gasteiger partial charge in [0, 0.05) is 10.1 Å². The van der Waals surface area contributed by atoms with E-state index in [-0.39, 0.29) is 10.6 Å². The lowest BCUT2D eigenvalue weighted by Crippen LogP contribution is -1.84. The first-order chi connectivity index (χ1) is 6.24. The largest absolute Gasteiger partial charge is 0.204 e. The SMILES string of the molecule is N#Cc1cc2sccc2c(Cl)c1F. The minimum atomic E-state index is -0.630. The van der Waals surface area contributed by atoms with Gasteiger partial charge in [0.2, 0.25) is 0 Å². The van der Waals surface area contributed by atoms with Gasteiger partial charge in [-0.2, -0.15) is 5.26 Å². The van der Waals surface area contributed by atoms with Crippen molar-refractivity contribution in [2.45, 2.75) is 0 Å². The molecule has 0 aliphatic carbocycles. The molecule has 0 spiro atoms. The topological polar surface area (TPSA) is 23.8 Å². The van der Waals surface area contributed by atoms with E-state index in [4.69, 9.17) is 16.9 Å². The van der Waals surface area contributed by atoms with Gasteiger partial charge in [0.05, 0.1) is 10.6 Å². The Hall–Kier alpha value is -1.11. The van der Waals surface area contributed by atoms with Gasteiger partial charge in [-0.3, -0.25) is 0 Å². The van der Waals surface area contributed by atoms with Crippen LogP contribution in [0.25, 0.3) is 10.1 Å². The fraction of sp³-hybridized carbons (Fsp3) is 0. The maximum absolute atomic E-state index is 13.3. The quantitative estimate of drug-likeness (QED) is 0.654. The Morgan fingerprint density at radius 1 is 1.54 bits per heavy atom. The smallest absolute Gasteiger partial charge is 0.160 e. The summed E-state index contributed by atoms with van der Waals surface area (Å²) >= 11 is 7.17. The third-order valence-corrected chi connectivity index (χ3v) is 2.99. The van der Waals surface area contributed by atoms with Crippen LogP contribution in [0.4, 0.5) is 4.39 Å². The molecule has 2 aromatic rings. The minimum absolute atomic E-state index is 0.0000463. The third-order valence-electron chi connectivity index (χ3n) is 1.76. The van der Waals surface area contributed by atoms with Crippen LogP contribution in [0.5, 0.6) is 0 Å². The summed E-state index contributed by atoms with van der Waals surface area (Å²) in [6, 6.07) is 5.02. The van der Waals surface area contributed by atoms with E-state index in [1.165, 1.54) is 17.4 Å². The van der Waals surface area contributed by atoms with Gasteiger partial charge < -0.3 is 0 Å². The van der Waals surface area contributed by atoms with Crippen LogP contribution in [0.1, 0.15) is 5.56 Å². The number of hydrogen-bond donors (Lipinski definition) is 0. The van der Waals surface area contributed by atoms with Crippen molar-refractivity contribution < 1.29 is 4.39 Å². The van der Waals surface area contributed by atoms with Gasteiger partial charge in [0.15, 0.2) is 5.82 Å². The summed E-state index contributed by atoms with van der Waals surface area (Å²) in [5.41, 5.74) is -0.0000463.